The molecule has 0 fully saturated rings. The van der Waals surface area contributed by atoms with Crippen molar-refractivity contribution < 1.29 is 9.47 Å². The van der Waals surface area contributed by atoms with Crippen molar-refractivity contribution in [2.24, 2.45) is 0 Å². The number of aromatic nitrogens is 2. The molecule has 5 heteroatoms. The standard InChI is InChI=1S/C14H17N3O2/c1-15-12(10-6-4-9-17-14(10)19-3)13-11(18-2)7-5-8-16-13/h4-9,12,15H,1-3H3. The van der Waals surface area contributed by atoms with Crippen molar-refractivity contribution in [3.63, 3.8) is 0 Å². The molecule has 2 heterocycles. The molecule has 0 radical (unpaired) electrons. The van der Waals surface area contributed by atoms with Gasteiger partial charge in [-0.3, -0.25) is 4.98 Å². The number of hydrogen-bond acceptors (Lipinski definition) is 5. The average molecular weight is 259 g/mol. The first-order valence-electron chi connectivity index (χ1n) is 5.97. The lowest BCUT2D eigenvalue weighted by Crippen LogP contribution is -2.20. The zero-order chi connectivity index (χ0) is 13.7. The second-order valence-corrected chi connectivity index (χ2v) is 3.91. The summed E-state index contributed by atoms with van der Waals surface area (Å²) in [6.07, 6.45) is 3.44. The quantitative estimate of drug-likeness (QED) is 0.887. The Morgan fingerprint density at radius 2 is 1.79 bits per heavy atom. The van der Waals surface area contributed by atoms with Gasteiger partial charge in [0.25, 0.3) is 0 Å². The summed E-state index contributed by atoms with van der Waals surface area (Å²) in [5.74, 6) is 1.31. The molecule has 2 rings (SSSR count). The molecule has 0 aromatic carbocycles. The van der Waals surface area contributed by atoms with Crippen LogP contribution >= 0.6 is 0 Å². The molecule has 0 bridgehead atoms. The number of pyridine rings is 2. The van der Waals surface area contributed by atoms with E-state index in [1.54, 1.807) is 26.6 Å². The summed E-state index contributed by atoms with van der Waals surface area (Å²) in [6, 6.07) is 7.42. The van der Waals surface area contributed by atoms with Crippen LogP contribution in [0.15, 0.2) is 36.7 Å². The molecule has 0 saturated carbocycles. The number of rotatable bonds is 5. The molecular weight excluding hydrogens is 242 g/mol. The maximum atomic E-state index is 5.36. The van der Waals surface area contributed by atoms with Crippen molar-refractivity contribution in [2.75, 3.05) is 21.3 Å². The van der Waals surface area contributed by atoms with Crippen molar-refractivity contribution in [3.05, 3.63) is 47.9 Å². The summed E-state index contributed by atoms with van der Waals surface area (Å²) < 4.78 is 10.7. The average Bonchev–Trinajstić information content (AvgIpc) is 2.49. The van der Waals surface area contributed by atoms with Crippen molar-refractivity contribution in [2.45, 2.75) is 6.04 Å². The van der Waals surface area contributed by atoms with Gasteiger partial charge in [0.05, 0.1) is 20.3 Å². The maximum absolute atomic E-state index is 5.36. The van der Waals surface area contributed by atoms with E-state index in [2.05, 4.69) is 15.3 Å². The third-order valence-corrected chi connectivity index (χ3v) is 2.89. The molecular formula is C14H17N3O2. The number of methoxy groups -OCH3 is 2. The number of hydrogen-bond donors (Lipinski definition) is 1. The Morgan fingerprint density at radius 3 is 2.47 bits per heavy atom. The topological polar surface area (TPSA) is 56.3 Å². The van der Waals surface area contributed by atoms with Crippen molar-refractivity contribution >= 4 is 0 Å². The Bertz CT molecular complexity index is 498. The fourth-order valence-corrected chi connectivity index (χ4v) is 2.03. The molecule has 0 amide bonds. The van der Waals surface area contributed by atoms with Crippen LogP contribution in [0.4, 0.5) is 0 Å². The second-order valence-electron chi connectivity index (χ2n) is 3.91. The van der Waals surface area contributed by atoms with Gasteiger partial charge in [-0.15, -0.1) is 0 Å². The number of ether oxygens (including phenoxy) is 2. The van der Waals surface area contributed by atoms with Gasteiger partial charge in [0.2, 0.25) is 5.88 Å². The predicted molar refractivity (Wildman–Crippen MR) is 72.5 cm³/mol. The van der Waals surface area contributed by atoms with Crippen molar-refractivity contribution in [3.8, 4) is 11.6 Å². The highest BCUT2D eigenvalue weighted by atomic mass is 16.5. The van der Waals surface area contributed by atoms with E-state index in [-0.39, 0.29) is 6.04 Å². The van der Waals surface area contributed by atoms with Gasteiger partial charge in [0.1, 0.15) is 11.4 Å². The molecule has 0 aliphatic rings. The van der Waals surface area contributed by atoms with E-state index in [1.165, 1.54) is 0 Å². The van der Waals surface area contributed by atoms with E-state index in [1.807, 2.05) is 31.3 Å². The first-order valence-corrected chi connectivity index (χ1v) is 5.97. The molecule has 0 aliphatic heterocycles. The second kappa shape index (κ2) is 6.15. The molecule has 1 unspecified atom stereocenters. The lowest BCUT2D eigenvalue weighted by Gasteiger charge is -2.19. The Morgan fingerprint density at radius 1 is 1.05 bits per heavy atom. The van der Waals surface area contributed by atoms with E-state index >= 15 is 0 Å². The van der Waals surface area contributed by atoms with Crippen LogP contribution in [0.25, 0.3) is 0 Å². The van der Waals surface area contributed by atoms with Crippen molar-refractivity contribution in [1.29, 1.82) is 0 Å². The zero-order valence-corrected chi connectivity index (χ0v) is 11.3. The largest absolute Gasteiger partial charge is 0.495 e. The first-order chi connectivity index (χ1) is 9.31. The van der Waals surface area contributed by atoms with Gasteiger partial charge in [-0.25, -0.2) is 4.98 Å². The molecule has 1 N–H and O–H groups in total. The molecule has 19 heavy (non-hydrogen) atoms. The van der Waals surface area contributed by atoms with Crippen LogP contribution in [-0.2, 0) is 0 Å². The molecule has 0 aliphatic carbocycles. The van der Waals surface area contributed by atoms with Crippen LogP contribution in [0.1, 0.15) is 17.3 Å². The normalized spacial score (nSPS) is 11.9. The van der Waals surface area contributed by atoms with Gasteiger partial charge in [-0.2, -0.15) is 0 Å². The van der Waals surface area contributed by atoms with E-state index in [0.717, 1.165) is 17.0 Å². The lowest BCUT2D eigenvalue weighted by atomic mass is 10.0. The minimum atomic E-state index is -0.139. The molecule has 2 aromatic heterocycles. The highest BCUT2D eigenvalue weighted by Crippen LogP contribution is 2.31. The van der Waals surface area contributed by atoms with E-state index < -0.39 is 0 Å². The Kier molecular flexibility index (Phi) is 4.30. The summed E-state index contributed by atoms with van der Waals surface area (Å²) in [6.45, 7) is 0. The fourth-order valence-electron chi connectivity index (χ4n) is 2.03. The summed E-state index contributed by atoms with van der Waals surface area (Å²) in [7, 11) is 5.10. The van der Waals surface area contributed by atoms with Gasteiger partial charge in [-0.05, 0) is 25.2 Å². The van der Waals surface area contributed by atoms with Crippen LogP contribution in [0.2, 0.25) is 0 Å². The van der Waals surface area contributed by atoms with Crippen LogP contribution in [0, 0.1) is 0 Å². The Hall–Kier alpha value is -2.14. The van der Waals surface area contributed by atoms with Gasteiger partial charge in [0.15, 0.2) is 0 Å². The molecule has 2 aromatic rings. The van der Waals surface area contributed by atoms with E-state index in [4.69, 9.17) is 9.47 Å². The monoisotopic (exact) mass is 259 g/mol. The summed E-state index contributed by atoms with van der Waals surface area (Å²) in [5, 5.41) is 3.22. The number of nitrogens with zero attached hydrogens (tertiary/aromatic N) is 2. The van der Waals surface area contributed by atoms with Crippen LogP contribution in [-0.4, -0.2) is 31.2 Å². The SMILES string of the molecule is CNC(c1cccnc1OC)c1ncccc1OC. The lowest BCUT2D eigenvalue weighted by molar-refractivity contribution is 0.382. The van der Waals surface area contributed by atoms with Gasteiger partial charge >= 0.3 is 0 Å². The van der Waals surface area contributed by atoms with Crippen LogP contribution in [0.5, 0.6) is 11.6 Å². The summed E-state index contributed by atoms with van der Waals surface area (Å²) in [5.41, 5.74) is 1.73. The summed E-state index contributed by atoms with van der Waals surface area (Å²) >= 11 is 0. The van der Waals surface area contributed by atoms with Gasteiger partial charge in [-0.1, -0.05) is 6.07 Å². The van der Waals surface area contributed by atoms with Gasteiger partial charge < -0.3 is 14.8 Å². The smallest absolute Gasteiger partial charge is 0.218 e. The van der Waals surface area contributed by atoms with Crippen LogP contribution in [0.3, 0.4) is 0 Å². The zero-order valence-electron chi connectivity index (χ0n) is 11.3. The summed E-state index contributed by atoms with van der Waals surface area (Å²) in [4.78, 5) is 8.62. The minimum absolute atomic E-state index is 0.139. The van der Waals surface area contributed by atoms with Crippen LogP contribution < -0.4 is 14.8 Å². The predicted octanol–water partition coefficient (Wildman–Crippen LogP) is 1.80. The molecule has 0 spiro atoms. The molecule has 1 atom stereocenters. The molecule has 0 saturated heterocycles. The molecule has 100 valence electrons. The van der Waals surface area contributed by atoms with Gasteiger partial charge in [0, 0.05) is 18.0 Å². The third kappa shape index (κ3) is 2.66. The maximum Gasteiger partial charge on any atom is 0.218 e. The Balaban J connectivity index is 2.50. The fraction of sp³-hybridized carbons (Fsp3) is 0.286. The first kappa shape index (κ1) is 13.3. The van der Waals surface area contributed by atoms with Crippen molar-refractivity contribution in [1.82, 2.24) is 15.3 Å². The third-order valence-electron chi connectivity index (χ3n) is 2.89. The van der Waals surface area contributed by atoms with E-state index in [0.29, 0.717) is 5.88 Å². The minimum Gasteiger partial charge on any atom is -0.495 e. The van der Waals surface area contributed by atoms with E-state index in [9.17, 15) is 0 Å². The highest BCUT2D eigenvalue weighted by molar-refractivity contribution is 5.40. The number of nitrogens with one attached hydrogen (secondary N) is 1. The Labute approximate surface area is 112 Å². The highest BCUT2D eigenvalue weighted by Gasteiger charge is 2.21. The molecule has 5 nitrogen and oxygen atoms in total.